The first kappa shape index (κ1) is 15.8. The molecule has 1 unspecified atom stereocenters. The van der Waals surface area contributed by atoms with Crippen LogP contribution in [0.3, 0.4) is 0 Å². The van der Waals surface area contributed by atoms with Crippen LogP contribution in [0.1, 0.15) is 59.3 Å². The van der Waals surface area contributed by atoms with Crippen molar-refractivity contribution in [2.45, 2.75) is 59.3 Å². The molecule has 1 saturated carbocycles. The molecule has 20 heavy (non-hydrogen) atoms. The Balaban J connectivity index is 1.95. The van der Waals surface area contributed by atoms with E-state index in [0.29, 0.717) is 23.8 Å². The minimum atomic E-state index is 0.214. The Bertz CT molecular complexity index is 334. The van der Waals surface area contributed by atoms with Gasteiger partial charge >= 0.3 is 0 Å². The highest BCUT2D eigenvalue weighted by molar-refractivity contribution is 5.79. The van der Waals surface area contributed by atoms with E-state index >= 15 is 0 Å². The van der Waals surface area contributed by atoms with Crippen molar-refractivity contribution < 1.29 is 4.79 Å². The van der Waals surface area contributed by atoms with Crippen molar-refractivity contribution in [3.63, 3.8) is 0 Å². The second-order valence-electron chi connectivity index (χ2n) is 7.85. The van der Waals surface area contributed by atoms with Gasteiger partial charge in [-0.25, -0.2) is 0 Å². The Hall–Kier alpha value is -0.570. The Morgan fingerprint density at radius 1 is 1.10 bits per heavy atom. The molecule has 0 aromatic carbocycles. The molecular formula is C17H32N2O. The summed E-state index contributed by atoms with van der Waals surface area (Å²) in [6.07, 6.45) is 6.96. The first-order chi connectivity index (χ1) is 9.43. The Labute approximate surface area is 124 Å². The van der Waals surface area contributed by atoms with Gasteiger partial charge in [0, 0.05) is 19.0 Å². The zero-order chi connectivity index (χ0) is 14.8. The highest BCUT2D eigenvalue weighted by atomic mass is 16.2. The van der Waals surface area contributed by atoms with E-state index in [0.717, 1.165) is 44.7 Å². The zero-order valence-electron chi connectivity index (χ0n) is 13.5. The lowest BCUT2D eigenvalue weighted by molar-refractivity contribution is -0.136. The maximum atomic E-state index is 12.7. The summed E-state index contributed by atoms with van der Waals surface area (Å²) < 4.78 is 0. The van der Waals surface area contributed by atoms with Crippen LogP contribution >= 0.6 is 0 Å². The van der Waals surface area contributed by atoms with Gasteiger partial charge in [0.2, 0.25) is 5.91 Å². The number of rotatable bonds is 2. The number of carbonyl (C=O) groups excluding carboxylic acids is 1. The van der Waals surface area contributed by atoms with Gasteiger partial charge in [0.1, 0.15) is 0 Å². The number of nitrogens with zero attached hydrogens (tertiary/aromatic N) is 1. The Morgan fingerprint density at radius 3 is 2.50 bits per heavy atom. The van der Waals surface area contributed by atoms with Gasteiger partial charge in [-0.3, -0.25) is 4.79 Å². The number of hydrogen-bond donors (Lipinski definition) is 1. The topological polar surface area (TPSA) is 46.3 Å². The molecule has 0 aromatic heterocycles. The number of likely N-dealkylation sites (tertiary alicyclic amines) is 1. The van der Waals surface area contributed by atoms with Crippen LogP contribution in [-0.4, -0.2) is 30.4 Å². The number of amides is 1. The molecule has 2 aliphatic rings. The standard InChI is InChI=1S/C17H32N2O/c1-17(2,3)14-7-5-10-19(11-9-14)16(20)15-8-4-6-13(15)12-18/h13-15H,4-12,18H2,1-3H3/t13-,14?,15-/m1/s1. The minimum Gasteiger partial charge on any atom is -0.342 e. The highest BCUT2D eigenvalue weighted by Crippen LogP contribution is 2.36. The summed E-state index contributed by atoms with van der Waals surface area (Å²) in [5.41, 5.74) is 6.20. The molecule has 1 saturated heterocycles. The average molecular weight is 280 g/mol. The van der Waals surface area contributed by atoms with E-state index in [2.05, 4.69) is 25.7 Å². The third-order valence-corrected chi connectivity index (χ3v) is 5.54. The normalized spacial score (nSPS) is 32.2. The lowest BCUT2D eigenvalue weighted by atomic mass is 9.77. The van der Waals surface area contributed by atoms with E-state index in [4.69, 9.17) is 5.73 Å². The van der Waals surface area contributed by atoms with Gasteiger partial charge in [0.15, 0.2) is 0 Å². The summed E-state index contributed by atoms with van der Waals surface area (Å²) in [7, 11) is 0. The molecule has 0 radical (unpaired) electrons. The zero-order valence-corrected chi connectivity index (χ0v) is 13.5. The number of nitrogens with two attached hydrogens (primary N) is 1. The van der Waals surface area contributed by atoms with Crippen molar-refractivity contribution in [1.29, 1.82) is 0 Å². The fourth-order valence-corrected chi connectivity index (χ4v) is 4.06. The van der Waals surface area contributed by atoms with E-state index in [1.807, 2.05) is 0 Å². The fraction of sp³-hybridized carbons (Fsp3) is 0.941. The largest absolute Gasteiger partial charge is 0.342 e. The summed E-state index contributed by atoms with van der Waals surface area (Å²) in [6, 6.07) is 0. The van der Waals surface area contributed by atoms with Crippen molar-refractivity contribution in [3.8, 4) is 0 Å². The molecule has 2 N–H and O–H groups in total. The van der Waals surface area contributed by atoms with Crippen LogP contribution in [0.4, 0.5) is 0 Å². The smallest absolute Gasteiger partial charge is 0.226 e. The van der Waals surface area contributed by atoms with Crippen LogP contribution in [-0.2, 0) is 4.79 Å². The quantitative estimate of drug-likeness (QED) is 0.845. The molecule has 3 heteroatoms. The van der Waals surface area contributed by atoms with Crippen molar-refractivity contribution in [3.05, 3.63) is 0 Å². The molecule has 2 rings (SSSR count). The molecule has 2 fully saturated rings. The van der Waals surface area contributed by atoms with E-state index < -0.39 is 0 Å². The maximum Gasteiger partial charge on any atom is 0.226 e. The predicted octanol–water partition coefficient (Wildman–Crippen LogP) is 3.04. The average Bonchev–Trinajstić information content (AvgIpc) is 2.71. The van der Waals surface area contributed by atoms with Gasteiger partial charge in [-0.1, -0.05) is 27.2 Å². The molecule has 1 aliphatic carbocycles. The van der Waals surface area contributed by atoms with E-state index in [1.54, 1.807) is 0 Å². The predicted molar refractivity (Wildman–Crippen MR) is 83.3 cm³/mol. The molecule has 1 aliphatic heterocycles. The first-order valence-corrected chi connectivity index (χ1v) is 8.42. The van der Waals surface area contributed by atoms with Crippen LogP contribution in [0.25, 0.3) is 0 Å². The van der Waals surface area contributed by atoms with Crippen LogP contribution in [0, 0.1) is 23.2 Å². The van der Waals surface area contributed by atoms with Gasteiger partial charge in [-0.05, 0) is 55.9 Å². The Kier molecular flexibility index (Phi) is 5.11. The minimum absolute atomic E-state index is 0.214. The second kappa shape index (κ2) is 6.46. The van der Waals surface area contributed by atoms with Gasteiger partial charge in [0.05, 0.1) is 0 Å². The summed E-state index contributed by atoms with van der Waals surface area (Å²) in [5.74, 6) is 1.79. The molecule has 0 bridgehead atoms. The SMILES string of the molecule is CC(C)(C)C1CCCN(C(=O)[C@@H]2CCC[C@@H]2CN)CC1. The molecule has 3 nitrogen and oxygen atoms in total. The Morgan fingerprint density at radius 2 is 1.85 bits per heavy atom. The third-order valence-electron chi connectivity index (χ3n) is 5.54. The van der Waals surface area contributed by atoms with Crippen molar-refractivity contribution in [1.82, 2.24) is 4.90 Å². The van der Waals surface area contributed by atoms with Crippen LogP contribution in [0.5, 0.6) is 0 Å². The molecule has 116 valence electrons. The first-order valence-electron chi connectivity index (χ1n) is 8.42. The summed E-state index contributed by atoms with van der Waals surface area (Å²) in [6.45, 7) is 9.58. The lowest BCUT2D eigenvalue weighted by Gasteiger charge is -2.30. The maximum absolute atomic E-state index is 12.7. The summed E-state index contributed by atoms with van der Waals surface area (Å²) >= 11 is 0. The molecule has 0 spiro atoms. The molecular weight excluding hydrogens is 248 g/mol. The van der Waals surface area contributed by atoms with E-state index in [9.17, 15) is 4.79 Å². The highest BCUT2D eigenvalue weighted by Gasteiger charge is 2.36. The van der Waals surface area contributed by atoms with Crippen molar-refractivity contribution in [2.24, 2.45) is 28.9 Å². The van der Waals surface area contributed by atoms with Gasteiger partial charge in [-0.2, -0.15) is 0 Å². The van der Waals surface area contributed by atoms with E-state index in [-0.39, 0.29) is 5.92 Å². The third kappa shape index (κ3) is 3.55. The van der Waals surface area contributed by atoms with Gasteiger partial charge in [-0.15, -0.1) is 0 Å². The molecule has 0 aromatic rings. The van der Waals surface area contributed by atoms with Gasteiger partial charge < -0.3 is 10.6 Å². The number of carbonyl (C=O) groups is 1. The summed E-state index contributed by atoms with van der Waals surface area (Å²) in [4.78, 5) is 14.9. The fourth-order valence-electron chi connectivity index (χ4n) is 4.06. The van der Waals surface area contributed by atoms with Gasteiger partial charge in [0.25, 0.3) is 0 Å². The van der Waals surface area contributed by atoms with Crippen LogP contribution < -0.4 is 5.73 Å². The van der Waals surface area contributed by atoms with Crippen LogP contribution in [0.15, 0.2) is 0 Å². The molecule has 3 atom stereocenters. The monoisotopic (exact) mass is 280 g/mol. The van der Waals surface area contributed by atoms with Crippen LogP contribution in [0.2, 0.25) is 0 Å². The van der Waals surface area contributed by atoms with Crippen molar-refractivity contribution >= 4 is 5.91 Å². The molecule has 1 amide bonds. The second-order valence-corrected chi connectivity index (χ2v) is 7.85. The molecule has 1 heterocycles. The van der Waals surface area contributed by atoms with Crippen molar-refractivity contribution in [2.75, 3.05) is 19.6 Å². The summed E-state index contributed by atoms with van der Waals surface area (Å²) in [5, 5.41) is 0. The van der Waals surface area contributed by atoms with E-state index in [1.165, 1.54) is 12.8 Å². The number of hydrogen-bond acceptors (Lipinski definition) is 2. The lowest BCUT2D eigenvalue weighted by Crippen LogP contribution is -2.39.